The Morgan fingerprint density at radius 2 is 2.00 bits per heavy atom. The van der Waals surface area contributed by atoms with Crippen molar-refractivity contribution < 1.29 is 8.42 Å². The summed E-state index contributed by atoms with van der Waals surface area (Å²) in [5, 5.41) is 4.09. The van der Waals surface area contributed by atoms with Crippen molar-refractivity contribution in [3.05, 3.63) is 53.6 Å². The van der Waals surface area contributed by atoms with Crippen molar-refractivity contribution in [3.8, 4) is 0 Å². The second-order valence-corrected chi connectivity index (χ2v) is 8.31. The van der Waals surface area contributed by atoms with Crippen LogP contribution < -0.4 is 5.32 Å². The van der Waals surface area contributed by atoms with Crippen molar-refractivity contribution in [2.45, 2.75) is 18.4 Å². The van der Waals surface area contributed by atoms with Crippen LogP contribution in [0.2, 0.25) is 0 Å². The molecule has 1 N–H and O–H groups in total. The van der Waals surface area contributed by atoms with Gasteiger partial charge in [0.2, 0.25) is 0 Å². The molecule has 0 atom stereocenters. The molecule has 0 radical (unpaired) electrons. The van der Waals surface area contributed by atoms with Crippen LogP contribution in [0.15, 0.2) is 47.4 Å². The van der Waals surface area contributed by atoms with Gasteiger partial charge < -0.3 is 5.32 Å². The van der Waals surface area contributed by atoms with Crippen molar-refractivity contribution in [2.75, 3.05) is 11.6 Å². The maximum Gasteiger partial charge on any atom is 0.184 e. The second-order valence-electron chi connectivity index (χ2n) is 5.26. The minimum Gasteiger partial charge on any atom is -0.357 e. The summed E-state index contributed by atoms with van der Waals surface area (Å²) < 4.78 is 24.1. The molecule has 0 unspecified atom stereocenters. The lowest BCUT2D eigenvalue weighted by Gasteiger charge is -2.03. The Morgan fingerprint density at radius 1 is 1.18 bits per heavy atom. The smallest absolute Gasteiger partial charge is 0.184 e. The highest BCUT2D eigenvalue weighted by atomic mass is 32.2. The number of rotatable bonds is 4. The van der Waals surface area contributed by atoms with E-state index < -0.39 is 9.84 Å². The second kappa shape index (κ2) is 5.70. The number of thiazole rings is 1. The molecule has 0 saturated heterocycles. The average molecular weight is 332 g/mol. The molecule has 114 valence electrons. The SMILES string of the molecule is Cc1cccc(CNc2nc3ccc(S(C)(=O)=O)cc3s2)c1. The molecule has 0 spiro atoms. The number of aryl methyl sites for hydroxylation is 1. The van der Waals surface area contributed by atoms with E-state index in [9.17, 15) is 8.42 Å². The summed E-state index contributed by atoms with van der Waals surface area (Å²) in [5.41, 5.74) is 3.22. The minimum atomic E-state index is -3.19. The number of nitrogens with one attached hydrogen (secondary N) is 1. The third-order valence-corrected chi connectivity index (χ3v) is 5.40. The lowest BCUT2D eigenvalue weighted by molar-refractivity contribution is 0.602. The van der Waals surface area contributed by atoms with Crippen LogP contribution in [0.1, 0.15) is 11.1 Å². The number of aromatic nitrogens is 1. The van der Waals surface area contributed by atoms with Crippen LogP contribution in [0.3, 0.4) is 0 Å². The zero-order chi connectivity index (χ0) is 15.7. The molecule has 0 aliphatic carbocycles. The van der Waals surface area contributed by atoms with Gasteiger partial charge in [0.25, 0.3) is 0 Å². The summed E-state index contributed by atoms with van der Waals surface area (Å²) in [4.78, 5) is 4.81. The Bertz CT molecular complexity index is 930. The van der Waals surface area contributed by atoms with Crippen LogP contribution in [0.5, 0.6) is 0 Å². The average Bonchev–Trinajstić information content (AvgIpc) is 2.86. The number of benzene rings is 2. The van der Waals surface area contributed by atoms with Gasteiger partial charge in [0.1, 0.15) is 0 Å². The van der Waals surface area contributed by atoms with Crippen molar-refractivity contribution in [3.63, 3.8) is 0 Å². The van der Waals surface area contributed by atoms with E-state index in [1.165, 1.54) is 28.7 Å². The van der Waals surface area contributed by atoms with Crippen molar-refractivity contribution in [1.29, 1.82) is 0 Å². The molecule has 22 heavy (non-hydrogen) atoms. The molecule has 3 rings (SSSR count). The van der Waals surface area contributed by atoms with Crippen LogP contribution in [0.25, 0.3) is 10.2 Å². The fourth-order valence-electron chi connectivity index (χ4n) is 2.21. The van der Waals surface area contributed by atoms with Gasteiger partial charge in [0.05, 0.1) is 15.1 Å². The first-order valence-corrected chi connectivity index (χ1v) is 9.53. The molecule has 0 aliphatic heterocycles. The largest absolute Gasteiger partial charge is 0.357 e. The first-order chi connectivity index (χ1) is 10.4. The molecule has 0 bridgehead atoms. The highest BCUT2D eigenvalue weighted by molar-refractivity contribution is 7.90. The third-order valence-electron chi connectivity index (χ3n) is 3.31. The van der Waals surface area contributed by atoms with Gasteiger partial charge in [-0.15, -0.1) is 0 Å². The molecule has 0 aliphatic rings. The van der Waals surface area contributed by atoms with Crippen LogP contribution in [-0.2, 0) is 16.4 Å². The van der Waals surface area contributed by atoms with Crippen molar-refractivity contribution >= 4 is 36.5 Å². The fourth-order valence-corrected chi connectivity index (χ4v) is 3.83. The fraction of sp³-hybridized carbons (Fsp3) is 0.188. The molecule has 4 nitrogen and oxygen atoms in total. The van der Waals surface area contributed by atoms with E-state index in [2.05, 4.69) is 35.4 Å². The molecule has 2 aromatic carbocycles. The van der Waals surface area contributed by atoms with Gasteiger partial charge in [0.15, 0.2) is 15.0 Å². The van der Waals surface area contributed by atoms with Gasteiger partial charge in [-0.25, -0.2) is 13.4 Å². The number of anilines is 1. The summed E-state index contributed by atoms with van der Waals surface area (Å²) in [5.74, 6) is 0. The highest BCUT2D eigenvalue weighted by Crippen LogP contribution is 2.28. The first-order valence-electron chi connectivity index (χ1n) is 6.82. The molecule has 0 saturated carbocycles. The number of sulfone groups is 1. The number of fused-ring (bicyclic) bond motifs is 1. The predicted molar refractivity (Wildman–Crippen MR) is 91.2 cm³/mol. The maximum absolute atomic E-state index is 11.6. The normalized spacial score (nSPS) is 11.7. The van der Waals surface area contributed by atoms with Crippen molar-refractivity contribution in [2.24, 2.45) is 0 Å². The van der Waals surface area contributed by atoms with E-state index in [-0.39, 0.29) is 0 Å². The Hall–Kier alpha value is -1.92. The highest BCUT2D eigenvalue weighted by Gasteiger charge is 2.10. The number of hydrogen-bond acceptors (Lipinski definition) is 5. The maximum atomic E-state index is 11.6. The van der Waals surface area contributed by atoms with E-state index in [1.54, 1.807) is 18.2 Å². The lowest BCUT2D eigenvalue weighted by Crippen LogP contribution is -1.98. The zero-order valence-electron chi connectivity index (χ0n) is 12.3. The standard InChI is InChI=1S/C16H16N2O2S2/c1-11-4-3-5-12(8-11)10-17-16-18-14-7-6-13(22(2,19)20)9-15(14)21-16/h3-9H,10H2,1-2H3,(H,17,18). The van der Waals surface area contributed by atoms with Gasteiger partial charge >= 0.3 is 0 Å². The molecule has 0 fully saturated rings. The Morgan fingerprint density at radius 3 is 2.73 bits per heavy atom. The number of hydrogen-bond donors (Lipinski definition) is 1. The third kappa shape index (κ3) is 3.28. The Labute approximate surface area is 133 Å². The minimum absolute atomic E-state index is 0.328. The Balaban J connectivity index is 1.83. The van der Waals surface area contributed by atoms with E-state index in [4.69, 9.17) is 0 Å². The zero-order valence-corrected chi connectivity index (χ0v) is 14.0. The first kappa shape index (κ1) is 15.0. The number of nitrogens with zero attached hydrogens (tertiary/aromatic N) is 1. The molecule has 1 heterocycles. The van der Waals surface area contributed by atoms with Gasteiger partial charge in [-0.2, -0.15) is 0 Å². The molecule has 1 aromatic heterocycles. The topological polar surface area (TPSA) is 59.1 Å². The van der Waals surface area contributed by atoms with E-state index in [1.807, 2.05) is 6.07 Å². The van der Waals surface area contributed by atoms with Gasteiger partial charge in [-0.05, 0) is 30.7 Å². The van der Waals surface area contributed by atoms with Crippen LogP contribution in [0, 0.1) is 6.92 Å². The summed E-state index contributed by atoms with van der Waals surface area (Å²) in [6.07, 6.45) is 1.21. The van der Waals surface area contributed by atoms with Crippen molar-refractivity contribution in [1.82, 2.24) is 4.98 Å². The summed E-state index contributed by atoms with van der Waals surface area (Å²) in [6.45, 7) is 2.76. The van der Waals surface area contributed by atoms with Crippen LogP contribution in [-0.4, -0.2) is 19.7 Å². The Kier molecular flexibility index (Phi) is 3.88. The molecular formula is C16H16N2O2S2. The lowest BCUT2D eigenvalue weighted by atomic mass is 10.1. The van der Waals surface area contributed by atoms with Gasteiger partial charge in [-0.1, -0.05) is 41.2 Å². The molecular weight excluding hydrogens is 316 g/mol. The van der Waals surface area contributed by atoms with Crippen LogP contribution >= 0.6 is 11.3 Å². The monoisotopic (exact) mass is 332 g/mol. The summed E-state index contributed by atoms with van der Waals surface area (Å²) in [7, 11) is -3.19. The summed E-state index contributed by atoms with van der Waals surface area (Å²) in [6, 6.07) is 13.3. The van der Waals surface area contributed by atoms with Gasteiger partial charge in [0, 0.05) is 12.8 Å². The van der Waals surface area contributed by atoms with Gasteiger partial charge in [-0.3, -0.25) is 0 Å². The predicted octanol–water partition coefficient (Wildman–Crippen LogP) is 3.62. The summed E-state index contributed by atoms with van der Waals surface area (Å²) >= 11 is 1.46. The molecule has 0 amide bonds. The van der Waals surface area contributed by atoms with E-state index in [0.717, 1.165) is 15.3 Å². The molecule has 3 aromatic rings. The van der Waals surface area contributed by atoms with E-state index in [0.29, 0.717) is 11.4 Å². The quantitative estimate of drug-likeness (QED) is 0.793. The van der Waals surface area contributed by atoms with Crippen LogP contribution in [0.4, 0.5) is 5.13 Å². The molecule has 6 heteroatoms. The van der Waals surface area contributed by atoms with E-state index >= 15 is 0 Å².